The number of aryl methyl sites for hydroxylation is 1. The highest BCUT2D eigenvalue weighted by atomic mass is 14.8. The number of nitrogens with zero attached hydrogens (tertiary/aromatic N) is 2. The van der Waals surface area contributed by atoms with Crippen molar-refractivity contribution in [3.05, 3.63) is 29.1 Å². The smallest absolute Gasteiger partial charge is 0.0525 e. The van der Waals surface area contributed by atoms with E-state index >= 15 is 0 Å². The van der Waals surface area contributed by atoms with Crippen LogP contribution in [0.15, 0.2) is 17.1 Å². The van der Waals surface area contributed by atoms with Crippen molar-refractivity contribution in [3.8, 4) is 0 Å². The van der Waals surface area contributed by atoms with Crippen LogP contribution < -0.4 is 0 Å². The zero-order chi connectivity index (χ0) is 17.3. The molecule has 1 rings (SSSR count). The van der Waals surface area contributed by atoms with Crippen LogP contribution in [0.4, 0.5) is 0 Å². The molecule has 0 radical (unpaired) electrons. The summed E-state index contributed by atoms with van der Waals surface area (Å²) < 4.78 is 0. The quantitative estimate of drug-likeness (QED) is 0.622. The van der Waals surface area contributed by atoms with Crippen molar-refractivity contribution < 1.29 is 0 Å². The molecule has 22 heavy (non-hydrogen) atoms. The van der Waals surface area contributed by atoms with Crippen molar-refractivity contribution in [2.75, 3.05) is 7.05 Å². The first-order valence-electron chi connectivity index (χ1n) is 8.75. The van der Waals surface area contributed by atoms with Crippen LogP contribution in [0.25, 0.3) is 0 Å². The summed E-state index contributed by atoms with van der Waals surface area (Å²) in [7, 11) is 1.88. The van der Waals surface area contributed by atoms with E-state index in [1.54, 1.807) is 0 Å². The Morgan fingerprint density at radius 1 is 1.05 bits per heavy atom. The fourth-order valence-electron chi connectivity index (χ4n) is 2.19. The monoisotopic (exact) mass is 304 g/mol. The second kappa shape index (κ2) is 10.5. The number of aliphatic imine (C=N–C) groups is 1. The molecule has 126 valence electrons. The van der Waals surface area contributed by atoms with Gasteiger partial charge >= 0.3 is 0 Å². The minimum Gasteiger partial charge on any atom is -0.292 e. The zero-order valence-electron chi connectivity index (χ0n) is 16.2. The number of pyridine rings is 1. The van der Waals surface area contributed by atoms with E-state index in [1.807, 2.05) is 7.05 Å². The number of aromatic nitrogens is 1. The molecule has 2 nitrogen and oxygen atoms in total. The van der Waals surface area contributed by atoms with Gasteiger partial charge in [-0.1, -0.05) is 55.4 Å². The Labute approximate surface area is 138 Å². The van der Waals surface area contributed by atoms with Gasteiger partial charge in [-0.3, -0.25) is 9.98 Å². The standard InChI is InChI=1S/C16H26N2.C4H10/c1-7-12(5)16-14(15(17-6)11(3)4)10-9-13(8-2)18-16;1-4(2)3/h9-12H,7-8H2,1-6H3;4H,1-3H3. The number of rotatable bonds is 5. The van der Waals surface area contributed by atoms with Gasteiger partial charge in [0.25, 0.3) is 0 Å². The molecule has 1 aromatic heterocycles. The van der Waals surface area contributed by atoms with E-state index < -0.39 is 0 Å². The van der Waals surface area contributed by atoms with E-state index in [0.717, 1.165) is 18.8 Å². The average molecular weight is 305 g/mol. The summed E-state index contributed by atoms with van der Waals surface area (Å²) >= 11 is 0. The molecule has 0 aliphatic heterocycles. The van der Waals surface area contributed by atoms with E-state index in [-0.39, 0.29) is 0 Å². The maximum Gasteiger partial charge on any atom is 0.0525 e. The molecule has 1 atom stereocenters. The van der Waals surface area contributed by atoms with E-state index in [2.05, 4.69) is 72.5 Å². The first-order valence-corrected chi connectivity index (χ1v) is 8.75. The minimum absolute atomic E-state index is 0.437. The van der Waals surface area contributed by atoms with Crippen LogP contribution in [0.1, 0.15) is 84.7 Å². The van der Waals surface area contributed by atoms with Gasteiger partial charge in [0.1, 0.15) is 0 Å². The molecule has 0 amide bonds. The van der Waals surface area contributed by atoms with Crippen molar-refractivity contribution in [1.82, 2.24) is 4.98 Å². The highest BCUT2D eigenvalue weighted by Gasteiger charge is 2.17. The van der Waals surface area contributed by atoms with Crippen LogP contribution in [-0.2, 0) is 6.42 Å². The van der Waals surface area contributed by atoms with Crippen molar-refractivity contribution in [3.63, 3.8) is 0 Å². The van der Waals surface area contributed by atoms with Crippen LogP contribution in [0.2, 0.25) is 0 Å². The summed E-state index contributed by atoms with van der Waals surface area (Å²) in [4.78, 5) is 9.30. The second-order valence-electron chi connectivity index (χ2n) is 6.89. The molecule has 0 saturated carbocycles. The molecule has 1 unspecified atom stereocenters. The van der Waals surface area contributed by atoms with Crippen LogP contribution in [-0.4, -0.2) is 17.7 Å². The van der Waals surface area contributed by atoms with Gasteiger partial charge in [-0.05, 0) is 42.7 Å². The first-order chi connectivity index (χ1) is 10.3. The maximum atomic E-state index is 4.83. The fraction of sp³-hybridized carbons (Fsp3) is 0.700. The van der Waals surface area contributed by atoms with Gasteiger partial charge in [-0.2, -0.15) is 0 Å². The molecule has 0 aliphatic carbocycles. The van der Waals surface area contributed by atoms with Gasteiger partial charge in [-0.25, -0.2) is 0 Å². The van der Waals surface area contributed by atoms with E-state index in [0.29, 0.717) is 11.8 Å². The lowest BCUT2D eigenvalue weighted by Crippen LogP contribution is -2.15. The van der Waals surface area contributed by atoms with Crippen molar-refractivity contribution in [2.45, 2.75) is 74.1 Å². The summed E-state index contributed by atoms with van der Waals surface area (Å²) in [6.07, 6.45) is 2.10. The topological polar surface area (TPSA) is 25.2 Å². The van der Waals surface area contributed by atoms with Gasteiger partial charge in [0.15, 0.2) is 0 Å². The Balaban J connectivity index is 0.000000980. The molecular weight excluding hydrogens is 268 g/mol. The number of hydrogen-bond donors (Lipinski definition) is 0. The molecule has 0 aromatic carbocycles. The van der Waals surface area contributed by atoms with E-state index in [9.17, 15) is 0 Å². The Morgan fingerprint density at radius 3 is 1.95 bits per heavy atom. The Bertz CT molecular complexity index is 456. The molecule has 1 heterocycles. The highest BCUT2D eigenvalue weighted by molar-refractivity contribution is 6.02. The minimum atomic E-state index is 0.437. The molecule has 0 fully saturated rings. The summed E-state index contributed by atoms with van der Waals surface area (Å²) in [6, 6.07) is 4.34. The Morgan fingerprint density at radius 2 is 1.59 bits per heavy atom. The lowest BCUT2D eigenvalue weighted by Gasteiger charge is -2.18. The van der Waals surface area contributed by atoms with Gasteiger partial charge < -0.3 is 0 Å². The Hall–Kier alpha value is -1.18. The fourth-order valence-corrected chi connectivity index (χ4v) is 2.19. The predicted molar refractivity (Wildman–Crippen MR) is 100 cm³/mol. The third-order valence-electron chi connectivity index (χ3n) is 3.49. The summed E-state index contributed by atoms with van der Waals surface area (Å²) in [5.41, 5.74) is 4.79. The van der Waals surface area contributed by atoms with Crippen LogP contribution in [0.3, 0.4) is 0 Å². The van der Waals surface area contributed by atoms with Gasteiger partial charge in [0, 0.05) is 24.0 Å². The predicted octanol–water partition coefficient (Wildman–Crippen LogP) is 5.89. The molecule has 0 spiro atoms. The van der Waals surface area contributed by atoms with Crippen molar-refractivity contribution >= 4 is 5.71 Å². The van der Waals surface area contributed by atoms with Crippen LogP contribution in [0.5, 0.6) is 0 Å². The second-order valence-corrected chi connectivity index (χ2v) is 6.89. The van der Waals surface area contributed by atoms with Crippen molar-refractivity contribution in [2.24, 2.45) is 16.8 Å². The summed E-state index contributed by atoms with van der Waals surface area (Å²) in [5, 5.41) is 0. The normalized spacial score (nSPS) is 13.1. The van der Waals surface area contributed by atoms with Gasteiger partial charge in [0.2, 0.25) is 0 Å². The lowest BCUT2D eigenvalue weighted by molar-refractivity contribution is 0.698. The molecule has 0 saturated heterocycles. The first kappa shape index (κ1) is 20.8. The molecule has 0 aliphatic rings. The zero-order valence-corrected chi connectivity index (χ0v) is 16.2. The highest BCUT2D eigenvalue weighted by Crippen LogP contribution is 2.24. The number of hydrogen-bond acceptors (Lipinski definition) is 2. The summed E-state index contributed by atoms with van der Waals surface area (Å²) in [6.45, 7) is 17.5. The molecule has 0 bridgehead atoms. The molecule has 2 heteroatoms. The summed E-state index contributed by atoms with van der Waals surface area (Å²) in [5.74, 6) is 1.76. The van der Waals surface area contributed by atoms with Crippen LogP contribution >= 0.6 is 0 Å². The average Bonchev–Trinajstić information content (AvgIpc) is 2.46. The largest absolute Gasteiger partial charge is 0.292 e. The lowest BCUT2D eigenvalue weighted by atomic mass is 9.91. The van der Waals surface area contributed by atoms with E-state index in [1.165, 1.54) is 22.7 Å². The third-order valence-corrected chi connectivity index (χ3v) is 3.49. The molecule has 1 aromatic rings. The van der Waals surface area contributed by atoms with E-state index in [4.69, 9.17) is 4.98 Å². The molecule has 0 N–H and O–H groups in total. The van der Waals surface area contributed by atoms with Gasteiger partial charge in [0.05, 0.1) is 5.69 Å². The third kappa shape index (κ3) is 6.72. The van der Waals surface area contributed by atoms with Crippen LogP contribution in [0, 0.1) is 11.8 Å². The molecular formula is C20H36N2. The SMILES string of the molecule is CC(C)C.CCc1ccc(C(=NC)C(C)C)c(C(C)CC)n1. The van der Waals surface area contributed by atoms with Gasteiger partial charge in [-0.15, -0.1) is 0 Å². The Kier molecular flexibility index (Phi) is 9.97. The maximum absolute atomic E-state index is 4.83. The van der Waals surface area contributed by atoms with Crippen molar-refractivity contribution in [1.29, 1.82) is 0 Å².